The number of amides is 5. The number of ketones is 3. The third-order valence-corrected chi connectivity index (χ3v) is 26.1. The number of fused-ring (bicyclic) bond motifs is 6. The van der Waals surface area contributed by atoms with Crippen LogP contribution in [0.5, 0.6) is 28.7 Å². The molecule has 5 saturated heterocycles. The second-order valence-corrected chi connectivity index (χ2v) is 35.6. The number of benzene rings is 6. The Morgan fingerprint density at radius 2 is 1.20 bits per heavy atom. The molecule has 6 aromatic rings. The number of rotatable bonds is 37. The number of carbonyl (C=O) groups excluding carboxylic acids is 14. The van der Waals surface area contributed by atoms with Crippen LogP contribution in [-0.2, 0) is 129 Å². The van der Waals surface area contributed by atoms with Crippen LogP contribution in [0.4, 0.5) is 25.8 Å². The highest BCUT2D eigenvalue weighted by atomic mass is 16.7. The molecule has 6 aromatic carbocycles. The Morgan fingerprint density at radius 3 is 1.79 bits per heavy atom. The molecular formula is C100H118N6O36. The van der Waals surface area contributed by atoms with Gasteiger partial charge in [0.15, 0.2) is 42.3 Å². The Hall–Kier alpha value is -13.3. The lowest BCUT2D eigenvalue weighted by Crippen LogP contribution is -2.60. The monoisotopic (exact) mass is 1980 g/mol. The molecule has 5 amide bonds. The van der Waals surface area contributed by atoms with E-state index in [9.17, 15) is 92.7 Å². The summed E-state index contributed by atoms with van der Waals surface area (Å²) in [6.07, 6.45) is -14.6. The van der Waals surface area contributed by atoms with Crippen LogP contribution < -0.4 is 35.5 Å². The van der Waals surface area contributed by atoms with E-state index in [-0.39, 0.29) is 153 Å². The fourth-order valence-corrected chi connectivity index (χ4v) is 18.8. The first-order chi connectivity index (χ1) is 68.1. The van der Waals surface area contributed by atoms with Crippen molar-refractivity contribution < 1.29 is 173 Å². The van der Waals surface area contributed by atoms with Crippen LogP contribution in [0.15, 0.2) is 103 Å². The number of aliphatic hydroxyl groups excluding tert-OH is 2. The molecule has 42 nitrogen and oxygen atoms in total. The molecule has 142 heavy (non-hydrogen) atoms. The van der Waals surface area contributed by atoms with Gasteiger partial charge >= 0.3 is 42.2 Å². The smallest absolute Gasteiger partial charge is 0.412 e. The molecular weight excluding hydrogens is 1860 g/mol. The molecule has 42 heteroatoms. The minimum absolute atomic E-state index is 0.0309. The van der Waals surface area contributed by atoms with Crippen molar-refractivity contribution in [3.8, 4) is 39.9 Å². The van der Waals surface area contributed by atoms with Gasteiger partial charge in [-0.1, -0.05) is 100 Å². The topological polar surface area (TPSA) is 552 Å². The van der Waals surface area contributed by atoms with E-state index < -0.39 is 205 Å². The number of anilines is 2. The SMILES string of the molecule is CC(=O)O[C@H]1[C@H](Oc2ccc(COC(=O)N3CCOC3CCC=O)cc2NC(=O)CCNC(=O)OCC2c3ccccc3-c3ccccc32)O[C@H](COC=O)[C@@H](C)[C@@H]1C.CCCC(=O)Nc1cc(COC(=O)N2CCOC2CCCNC2CC(OC3C[C@](O)(C(=O)CO)Cc4c(O)c5c(c(O)c43)C(=O)c3c(OC)cccc3C5=O)OC(C)C2O)ccc1OC1O[C@H](C(=O)OC)[C@@H](OC(C)=O)[C@H](OC(C)=O)[C@H]1C. The second kappa shape index (κ2) is 48.0. The number of Topliss-reactive ketones (excluding diaryl/α,β-unsaturated/α-hetero) is 1. The van der Waals surface area contributed by atoms with Crippen molar-refractivity contribution >= 4 is 95.5 Å². The average molecular weight is 1980 g/mol. The zero-order valence-electron chi connectivity index (χ0n) is 80.0. The first kappa shape index (κ1) is 106. The van der Waals surface area contributed by atoms with Crippen molar-refractivity contribution in [2.45, 2.75) is 231 Å². The molecule has 8 aliphatic rings. The number of aromatic hydroxyl groups is 2. The highest BCUT2D eigenvalue weighted by molar-refractivity contribution is 6.31. The molecule has 5 heterocycles. The lowest BCUT2D eigenvalue weighted by molar-refractivity contribution is -0.261. The zero-order valence-corrected chi connectivity index (χ0v) is 80.0. The van der Waals surface area contributed by atoms with E-state index in [1.165, 1.54) is 54.2 Å². The molecule has 0 spiro atoms. The van der Waals surface area contributed by atoms with Crippen LogP contribution in [0.2, 0.25) is 0 Å². The van der Waals surface area contributed by atoms with Gasteiger partial charge in [-0.15, -0.1) is 0 Å². The summed E-state index contributed by atoms with van der Waals surface area (Å²) in [6, 6.07) is 29.0. The molecule has 0 bridgehead atoms. The number of carbonyl (C=O) groups is 14. The Bertz CT molecular complexity index is 5610. The summed E-state index contributed by atoms with van der Waals surface area (Å²) in [5.74, 6) is -9.19. The number of aliphatic hydroxyl groups is 3. The van der Waals surface area contributed by atoms with Crippen molar-refractivity contribution in [2.75, 3.05) is 84.1 Å². The van der Waals surface area contributed by atoms with E-state index in [0.717, 1.165) is 49.5 Å². The second-order valence-electron chi connectivity index (χ2n) is 35.6. The highest BCUT2D eigenvalue weighted by Gasteiger charge is 2.55. The summed E-state index contributed by atoms with van der Waals surface area (Å²) >= 11 is 0. The lowest BCUT2D eigenvalue weighted by atomic mass is 9.72. The molecule has 14 rings (SSSR count). The van der Waals surface area contributed by atoms with Crippen LogP contribution in [0, 0.1) is 17.8 Å². The number of nitrogens with zero attached hydrogens (tertiary/aromatic N) is 2. The van der Waals surface area contributed by atoms with Crippen molar-refractivity contribution in [3.63, 3.8) is 0 Å². The summed E-state index contributed by atoms with van der Waals surface area (Å²) in [5, 5.41) is 68.1. The van der Waals surface area contributed by atoms with Crippen molar-refractivity contribution in [1.82, 2.24) is 20.4 Å². The van der Waals surface area contributed by atoms with Gasteiger partial charge in [-0.25, -0.2) is 19.2 Å². The minimum atomic E-state index is -2.36. The van der Waals surface area contributed by atoms with E-state index >= 15 is 0 Å². The molecule has 18 atom stereocenters. The summed E-state index contributed by atoms with van der Waals surface area (Å²) in [4.78, 5) is 181. The predicted octanol–water partition coefficient (Wildman–Crippen LogP) is 8.23. The van der Waals surface area contributed by atoms with Gasteiger partial charge in [0.25, 0.3) is 6.47 Å². The van der Waals surface area contributed by atoms with Gasteiger partial charge in [0, 0.05) is 100 Å². The Kier molecular flexibility index (Phi) is 35.8. The fraction of sp³-hybridized carbons (Fsp3) is 0.500. The maximum atomic E-state index is 14.1. The van der Waals surface area contributed by atoms with Gasteiger partial charge < -0.3 is 132 Å². The quantitative estimate of drug-likeness (QED) is 0.00581. The Labute approximate surface area is 816 Å². The Morgan fingerprint density at radius 1 is 0.613 bits per heavy atom. The van der Waals surface area contributed by atoms with Crippen molar-refractivity contribution in [1.29, 1.82) is 0 Å². The number of nitrogens with one attached hydrogen (secondary N) is 4. The summed E-state index contributed by atoms with van der Waals surface area (Å²) in [5.41, 5.74) is 1.52. The number of phenols is 2. The van der Waals surface area contributed by atoms with E-state index in [2.05, 4.69) is 21.3 Å². The third kappa shape index (κ3) is 24.5. The van der Waals surface area contributed by atoms with E-state index in [1.807, 2.05) is 69.3 Å². The first-order valence-electron chi connectivity index (χ1n) is 46.8. The van der Waals surface area contributed by atoms with Gasteiger partial charge in [0.1, 0.15) is 86.1 Å². The molecule has 5 aliphatic heterocycles. The van der Waals surface area contributed by atoms with Crippen LogP contribution in [0.25, 0.3) is 11.1 Å². The highest BCUT2D eigenvalue weighted by Crippen LogP contribution is 2.54. The predicted molar refractivity (Wildman–Crippen MR) is 493 cm³/mol. The van der Waals surface area contributed by atoms with Crippen LogP contribution in [-0.4, -0.2) is 279 Å². The number of alkyl carbamates (subject to hydrolysis) is 1. The molecule has 0 radical (unpaired) electrons. The van der Waals surface area contributed by atoms with E-state index in [1.54, 1.807) is 38.1 Å². The molecule has 9 N–H and O–H groups in total. The number of hydrogen-bond acceptors (Lipinski definition) is 37. The number of hydrogen-bond donors (Lipinski definition) is 9. The van der Waals surface area contributed by atoms with E-state index in [4.69, 9.17) is 80.5 Å². The number of methoxy groups -OCH3 is 2. The number of phenolic OH excluding ortho intramolecular Hbond substituents is 2. The van der Waals surface area contributed by atoms with Crippen molar-refractivity contribution in [2.24, 2.45) is 17.8 Å². The standard InChI is InChI=1S/C57H69N3O23.C43H49N3O13/c1-8-11-39(65)59-33-20-30(15-16-35(33)82-55-26(2)51(79-28(4)62)52(80-29(5)63)53(83-55)54(71)75-7)25-77-56(72)60-18-19-76-40(60)14-10-17-58-34-21-41(78-27(3)46(34)66)81-37-23-57(73,38(64)24-61)22-32-43(37)50(70)45-44(48(32)68)47(67)31-12-9-13-36(74-6)42(31)49(45)69;1-26-27(2)40(57-28(3)49)41(59-37(26)24-53-25-48)58-36-15-14-29(22-56-43(52)46-18-20-54-39(46)13-8-19-47)21-35(36)45-38(50)16-17-44-42(51)55-23-34-32-11-6-4-9-30(32)31-10-5-7-12-33(31)34/h9,12-13,15-16,20,26-27,34,37,40-41,46,51-53,55,58,61,66,68,70,73H,8,10-11,14,17-19,21-25H2,1-7H3,(H,59,65);4-7,9-12,14-15,19,21,25-27,34,37,39-41H,8,13,16-18,20,22-24H2,1-3H3,(H,44,51)(H,45,50)/t26-,27?,34?,37?,40?,41?,46?,51-,52+,53+,55?,57+;26-,27-,37+,39?,40+,41+/m10/s1. The molecule has 764 valence electrons. The van der Waals surface area contributed by atoms with Crippen LogP contribution in [0.1, 0.15) is 190 Å². The molecule has 0 aromatic heterocycles. The van der Waals surface area contributed by atoms with Crippen molar-refractivity contribution in [3.05, 3.63) is 159 Å². The molecule has 8 unspecified atom stereocenters. The normalized spacial score (nSPS) is 25.1. The van der Waals surface area contributed by atoms with Gasteiger partial charge in [0.05, 0.1) is 98.9 Å². The zero-order chi connectivity index (χ0) is 102. The number of aldehydes is 1. The minimum Gasteiger partial charge on any atom is -0.507 e. The van der Waals surface area contributed by atoms with Gasteiger partial charge in [-0.2, -0.15) is 0 Å². The molecule has 0 saturated carbocycles. The van der Waals surface area contributed by atoms with Gasteiger partial charge in [-0.05, 0) is 109 Å². The first-order valence-corrected chi connectivity index (χ1v) is 46.8. The summed E-state index contributed by atoms with van der Waals surface area (Å²) in [6.45, 7) is 12.4. The number of ether oxygens (including phenoxy) is 17. The molecule has 3 aliphatic carbocycles. The summed E-state index contributed by atoms with van der Waals surface area (Å²) in [7, 11) is 2.41. The molecule has 5 fully saturated rings. The average Bonchev–Trinajstić information content (AvgIpc) is 1.63. The fourth-order valence-electron chi connectivity index (χ4n) is 18.8. The maximum absolute atomic E-state index is 14.1. The van der Waals surface area contributed by atoms with E-state index in [0.29, 0.717) is 56.4 Å². The van der Waals surface area contributed by atoms with Gasteiger partial charge in [-0.3, -0.25) is 53.0 Å². The lowest BCUT2D eigenvalue weighted by Gasteiger charge is -2.43. The van der Waals surface area contributed by atoms with Crippen LogP contribution >= 0.6 is 0 Å². The maximum Gasteiger partial charge on any atom is 0.412 e. The number of esters is 4. The third-order valence-electron chi connectivity index (χ3n) is 26.1. The summed E-state index contributed by atoms with van der Waals surface area (Å²) < 4.78 is 97.3. The van der Waals surface area contributed by atoms with Gasteiger partial charge in [0.2, 0.25) is 30.2 Å². The Balaban J connectivity index is 0.000000253. The largest absolute Gasteiger partial charge is 0.507 e. The van der Waals surface area contributed by atoms with Crippen LogP contribution in [0.3, 0.4) is 0 Å².